The summed E-state index contributed by atoms with van der Waals surface area (Å²) in [5, 5.41) is 2.76. The molecule has 0 aliphatic rings. The molecule has 0 radical (unpaired) electrons. The van der Waals surface area contributed by atoms with Gasteiger partial charge in [-0.05, 0) is 26.5 Å². The Bertz CT molecular complexity index is 229. The minimum absolute atomic E-state index is 0.0339. The van der Waals surface area contributed by atoms with Gasteiger partial charge in [-0.3, -0.25) is 9.59 Å². The van der Waals surface area contributed by atoms with E-state index in [9.17, 15) is 9.59 Å². The Kier molecular flexibility index (Phi) is 9.50. The van der Waals surface area contributed by atoms with Crippen LogP contribution in [0, 0.1) is 0 Å². The van der Waals surface area contributed by atoms with Crippen LogP contribution in [0.15, 0.2) is 4.99 Å². The maximum absolute atomic E-state index is 11.2. The number of carbonyl (C=O) groups excluding carboxylic acids is 2. The number of nitrogens with zero attached hydrogens (tertiary/aromatic N) is 1. The molecule has 0 bridgehead atoms. The molecule has 0 aliphatic carbocycles. The van der Waals surface area contributed by atoms with Crippen molar-refractivity contribution in [3.8, 4) is 0 Å². The fourth-order valence-electron chi connectivity index (χ4n) is 1.11. The van der Waals surface area contributed by atoms with E-state index in [1.807, 2.05) is 6.92 Å². The number of ether oxygens (including phenoxy) is 1. The quantitative estimate of drug-likeness (QED) is 0.471. The molecule has 0 aromatic carbocycles. The predicted molar refractivity (Wildman–Crippen MR) is 62.5 cm³/mol. The van der Waals surface area contributed by atoms with E-state index in [1.165, 1.54) is 0 Å². The van der Waals surface area contributed by atoms with E-state index in [1.54, 1.807) is 0 Å². The Labute approximate surface area is 96.3 Å². The SMILES string of the molecule is C=NC(=O)CCCC(=O)NCCCOCC. The number of nitrogens with one attached hydrogen (secondary N) is 1. The average Bonchev–Trinajstić information content (AvgIpc) is 2.28. The summed E-state index contributed by atoms with van der Waals surface area (Å²) < 4.78 is 5.13. The number of amides is 2. The molecule has 0 spiro atoms. The van der Waals surface area contributed by atoms with Crippen LogP contribution >= 0.6 is 0 Å². The van der Waals surface area contributed by atoms with Crippen LogP contribution in [0.2, 0.25) is 0 Å². The first kappa shape index (κ1) is 14.8. The van der Waals surface area contributed by atoms with Gasteiger partial charge in [-0.2, -0.15) is 0 Å². The van der Waals surface area contributed by atoms with Crippen molar-refractivity contribution in [2.24, 2.45) is 4.99 Å². The summed E-state index contributed by atoms with van der Waals surface area (Å²) in [5.74, 6) is -0.294. The van der Waals surface area contributed by atoms with Crippen molar-refractivity contribution in [3.63, 3.8) is 0 Å². The van der Waals surface area contributed by atoms with E-state index in [-0.39, 0.29) is 18.2 Å². The van der Waals surface area contributed by atoms with Crippen molar-refractivity contribution in [1.29, 1.82) is 0 Å². The van der Waals surface area contributed by atoms with Crippen molar-refractivity contribution >= 4 is 18.5 Å². The molecule has 0 fully saturated rings. The van der Waals surface area contributed by atoms with Crippen LogP contribution in [0.4, 0.5) is 0 Å². The van der Waals surface area contributed by atoms with Gasteiger partial charge in [-0.1, -0.05) is 0 Å². The van der Waals surface area contributed by atoms with Crippen LogP contribution in [0.3, 0.4) is 0 Å². The second-order valence-corrected chi connectivity index (χ2v) is 3.31. The van der Waals surface area contributed by atoms with E-state index in [4.69, 9.17) is 4.74 Å². The van der Waals surface area contributed by atoms with Crippen LogP contribution < -0.4 is 5.32 Å². The lowest BCUT2D eigenvalue weighted by Gasteiger charge is -2.04. The van der Waals surface area contributed by atoms with Gasteiger partial charge in [0, 0.05) is 32.6 Å². The van der Waals surface area contributed by atoms with Crippen molar-refractivity contribution in [2.75, 3.05) is 19.8 Å². The summed E-state index contributed by atoms with van der Waals surface area (Å²) in [6.07, 6.45) is 1.98. The highest BCUT2D eigenvalue weighted by Crippen LogP contribution is 1.96. The van der Waals surface area contributed by atoms with Crippen molar-refractivity contribution < 1.29 is 14.3 Å². The number of carbonyl (C=O) groups is 2. The average molecular weight is 228 g/mol. The second-order valence-electron chi connectivity index (χ2n) is 3.31. The van der Waals surface area contributed by atoms with Crippen molar-refractivity contribution in [3.05, 3.63) is 0 Å². The molecule has 5 nitrogen and oxygen atoms in total. The topological polar surface area (TPSA) is 67.8 Å². The van der Waals surface area contributed by atoms with Gasteiger partial charge in [-0.25, -0.2) is 4.99 Å². The fourth-order valence-corrected chi connectivity index (χ4v) is 1.11. The van der Waals surface area contributed by atoms with Gasteiger partial charge in [0.1, 0.15) is 0 Å². The van der Waals surface area contributed by atoms with E-state index in [0.29, 0.717) is 32.6 Å². The molecule has 0 saturated carbocycles. The largest absolute Gasteiger partial charge is 0.382 e. The monoisotopic (exact) mass is 228 g/mol. The molecule has 0 unspecified atom stereocenters. The third kappa shape index (κ3) is 9.33. The number of hydrogen-bond acceptors (Lipinski definition) is 3. The fraction of sp³-hybridized carbons (Fsp3) is 0.727. The molecule has 0 aromatic rings. The standard InChI is InChI=1S/C11H20N2O3/c1-3-16-9-5-8-13-11(15)7-4-6-10(14)12-2/h2-9H2,1H3,(H,13,15). The van der Waals surface area contributed by atoms with E-state index in [0.717, 1.165) is 6.42 Å². The summed E-state index contributed by atoms with van der Waals surface area (Å²) in [6.45, 7) is 7.04. The zero-order valence-corrected chi connectivity index (χ0v) is 9.83. The summed E-state index contributed by atoms with van der Waals surface area (Å²) in [6, 6.07) is 0. The highest BCUT2D eigenvalue weighted by molar-refractivity contribution is 5.81. The Morgan fingerprint density at radius 1 is 1.31 bits per heavy atom. The summed E-state index contributed by atoms with van der Waals surface area (Å²) in [4.78, 5) is 25.2. The molecule has 92 valence electrons. The molecule has 0 aliphatic heterocycles. The predicted octanol–water partition coefficient (Wildman–Crippen LogP) is 0.927. The van der Waals surface area contributed by atoms with E-state index < -0.39 is 0 Å². The minimum atomic E-state index is -0.260. The van der Waals surface area contributed by atoms with Crippen LogP contribution in [0.1, 0.15) is 32.6 Å². The Morgan fingerprint density at radius 2 is 2.06 bits per heavy atom. The van der Waals surface area contributed by atoms with E-state index >= 15 is 0 Å². The maximum atomic E-state index is 11.2. The van der Waals surface area contributed by atoms with Gasteiger partial charge in [0.25, 0.3) is 0 Å². The van der Waals surface area contributed by atoms with Crippen LogP contribution in [0.5, 0.6) is 0 Å². The van der Waals surface area contributed by atoms with Gasteiger partial charge < -0.3 is 10.1 Å². The lowest BCUT2D eigenvalue weighted by atomic mass is 10.2. The molecule has 2 amide bonds. The minimum Gasteiger partial charge on any atom is -0.382 e. The molecule has 16 heavy (non-hydrogen) atoms. The molecule has 0 aromatic heterocycles. The third-order valence-electron chi connectivity index (χ3n) is 1.96. The summed E-state index contributed by atoms with van der Waals surface area (Å²) in [7, 11) is 0. The van der Waals surface area contributed by atoms with Crippen LogP contribution in [-0.2, 0) is 14.3 Å². The first-order valence-corrected chi connectivity index (χ1v) is 5.54. The summed E-state index contributed by atoms with van der Waals surface area (Å²) in [5.41, 5.74) is 0. The molecule has 0 rings (SSSR count). The van der Waals surface area contributed by atoms with Gasteiger partial charge in [0.05, 0.1) is 0 Å². The molecule has 1 N–H and O–H groups in total. The Hall–Kier alpha value is -1.23. The smallest absolute Gasteiger partial charge is 0.245 e. The molecule has 5 heteroatoms. The lowest BCUT2D eigenvalue weighted by Crippen LogP contribution is -2.25. The normalized spacial score (nSPS) is 9.81. The van der Waals surface area contributed by atoms with Crippen LogP contribution in [0.25, 0.3) is 0 Å². The zero-order chi connectivity index (χ0) is 12.2. The van der Waals surface area contributed by atoms with Crippen LogP contribution in [-0.4, -0.2) is 38.3 Å². The van der Waals surface area contributed by atoms with E-state index in [2.05, 4.69) is 17.0 Å². The molecular weight excluding hydrogens is 208 g/mol. The molecule has 0 heterocycles. The zero-order valence-electron chi connectivity index (χ0n) is 9.83. The molecular formula is C11H20N2O3. The molecule has 0 saturated heterocycles. The Balaban J connectivity index is 3.31. The van der Waals surface area contributed by atoms with Gasteiger partial charge in [0.15, 0.2) is 0 Å². The van der Waals surface area contributed by atoms with Gasteiger partial charge in [0.2, 0.25) is 11.8 Å². The number of rotatable bonds is 9. The summed E-state index contributed by atoms with van der Waals surface area (Å²) >= 11 is 0. The third-order valence-corrected chi connectivity index (χ3v) is 1.96. The number of hydrogen-bond donors (Lipinski definition) is 1. The second kappa shape index (κ2) is 10.3. The Morgan fingerprint density at radius 3 is 2.69 bits per heavy atom. The lowest BCUT2D eigenvalue weighted by molar-refractivity contribution is -0.121. The highest BCUT2D eigenvalue weighted by atomic mass is 16.5. The van der Waals surface area contributed by atoms with Crippen molar-refractivity contribution in [2.45, 2.75) is 32.6 Å². The van der Waals surface area contributed by atoms with Crippen molar-refractivity contribution in [1.82, 2.24) is 5.32 Å². The highest BCUT2D eigenvalue weighted by Gasteiger charge is 2.02. The number of aliphatic imine (C=N–C) groups is 1. The first-order chi connectivity index (χ1) is 7.70. The van der Waals surface area contributed by atoms with Gasteiger partial charge >= 0.3 is 0 Å². The first-order valence-electron chi connectivity index (χ1n) is 5.54. The maximum Gasteiger partial charge on any atom is 0.245 e. The molecule has 0 atom stereocenters. The van der Waals surface area contributed by atoms with Gasteiger partial charge in [-0.15, -0.1) is 0 Å².